The Bertz CT molecular complexity index is 830. The Morgan fingerprint density at radius 2 is 2.04 bits per heavy atom. The lowest BCUT2D eigenvalue weighted by Crippen LogP contribution is -2.31. The van der Waals surface area contributed by atoms with Gasteiger partial charge in [-0.2, -0.15) is 0 Å². The lowest BCUT2D eigenvalue weighted by atomic mass is 10.0. The molecule has 3 rings (SSSR count). The maximum Gasteiger partial charge on any atom is 0.262 e. The summed E-state index contributed by atoms with van der Waals surface area (Å²) < 4.78 is 5.51. The van der Waals surface area contributed by atoms with Gasteiger partial charge in [-0.3, -0.25) is 14.5 Å². The van der Waals surface area contributed by atoms with Gasteiger partial charge in [0.25, 0.3) is 11.8 Å². The maximum atomic E-state index is 12.3. The van der Waals surface area contributed by atoms with Gasteiger partial charge in [-0.15, -0.1) is 11.3 Å². The monoisotopic (exact) mass is 387 g/mol. The zero-order chi connectivity index (χ0) is 19.4. The highest BCUT2D eigenvalue weighted by atomic mass is 32.1. The molecule has 2 aromatic rings. The molecule has 27 heavy (non-hydrogen) atoms. The first-order chi connectivity index (χ1) is 13.0. The molecular formula is C20H25N3O3S. The van der Waals surface area contributed by atoms with Crippen LogP contribution in [0.25, 0.3) is 0 Å². The molecule has 0 aliphatic carbocycles. The van der Waals surface area contributed by atoms with Crippen LogP contribution < -0.4 is 15.8 Å². The number of benzene rings is 1. The number of carbonyl (C=O) groups excluding carboxylic acids is 2. The minimum atomic E-state index is -0.494. The Morgan fingerprint density at radius 1 is 1.30 bits per heavy atom. The fraction of sp³-hybridized carbons (Fsp3) is 0.400. The van der Waals surface area contributed by atoms with Gasteiger partial charge in [0.2, 0.25) is 0 Å². The van der Waals surface area contributed by atoms with Crippen molar-refractivity contribution in [3.05, 3.63) is 45.8 Å². The second kappa shape index (κ2) is 8.54. The Hall–Kier alpha value is -2.38. The smallest absolute Gasteiger partial charge is 0.262 e. The van der Waals surface area contributed by atoms with E-state index in [1.165, 1.54) is 11.3 Å². The van der Waals surface area contributed by atoms with Gasteiger partial charge in [0.15, 0.2) is 6.61 Å². The van der Waals surface area contributed by atoms with E-state index in [4.69, 9.17) is 10.5 Å². The minimum absolute atomic E-state index is 0.119. The molecule has 1 aromatic heterocycles. The largest absolute Gasteiger partial charge is 0.484 e. The third-order valence-corrected chi connectivity index (χ3v) is 5.70. The number of nitrogens with zero attached hydrogens (tertiary/aromatic N) is 1. The van der Waals surface area contributed by atoms with Crippen molar-refractivity contribution in [1.29, 1.82) is 0 Å². The van der Waals surface area contributed by atoms with Crippen LogP contribution in [-0.2, 0) is 17.8 Å². The second-order valence-electron chi connectivity index (χ2n) is 6.75. The highest BCUT2D eigenvalue weighted by Crippen LogP contribution is 2.36. The molecule has 0 fully saturated rings. The molecule has 0 spiro atoms. The van der Waals surface area contributed by atoms with E-state index in [0.717, 1.165) is 48.5 Å². The first-order valence-corrected chi connectivity index (χ1v) is 9.95. The van der Waals surface area contributed by atoms with Crippen LogP contribution >= 0.6 is 11.3 Å². The number of carbonyl (C=O) groups is 2. The third kappa shape index (κ3) is 4.67. The number of primary amides is 1. The predicted molar refractivity (Wildman–Crippen MR) is 107 cm³/mol. The van der Waals surface area contributed by atoms with Gasteiger partial charge in [-0.25, -0.2) is 0 Å². The predicted octanol–water partition coefficient (Wildman–Crippen LogP) is 2.94. The summed E-state index contributed by atoms with van der Waals surface area (Å²) in [5, 5.41) is 3.34. The lowest BCUT2D eigenvalue weighted by Gasteiger charge is -2.26. The van der Waals surface area contributed by atoms with Crippen molar-refractivity contribution >= 4 is 28.2 Å². The van der Waals surface area contributed by atoms with Gasteiger partial charge in [0.05, 0.1) is 5.56 Å². The van der Waals surface area contributed by atoms with E-state index in [2.05, 4.69) is 17.1 Å². The summed E-state index contributed by atoms with van der Waals surface area (Å²) in [6, 6.07) is 7.49. The molecule has 1 aliphatic rings. The normalized spacial score (nSPS) is 13.9. The van der Waals surface area contributed by atoms with Crippen LogP contribution in [0.4, 0.5) is 5.00 Å². The van der Waals surface area contributed by atoms with E-state index < -0.39 is 5.91 Å². The number of ether oxygens (including phenoxy) is 1. The van der Waals surface area contributed by atoms with Crippen molar-refractivity contribution < 1.29 is 14.3 Å². The van der Waals surface area contributed by atoms with Crippen LogP contribution in [0.1, 0.15) is 39.7 Å². The number of thiophene rings is 1. The molecule has 144 valence electrons. The van der Waals surface area contributed by atoms with Crippen molar-refractivity contribution in [2.45, 2.75) is 33.2 Å². The summed E-state index contributed by atoms with van der Waals surface area (Å²) in [6.07, 6.45) is 1.86. The average molecular weight is 388 g/mol. The van der Waals surface area contributed by atoms with Crippen LogP contribution in [0.5, 0.6) is 5.75 Å². The summed E-state index contributed by atoms with van der Waals surface area (Å²) in [6.45, 7) is 6.74. The molecule has 1 aliphatic heterocycles. The van der Waals surface area contributed by atoms with Gasteiger partial charge in [0.1, 0.15) is 10.8 Å². The number of rotatable bonds is 7. The number of anilines is 1. The molecule has 2 heterocycles. The molecule has 0 radical (unpaired) electrons. The van der Waals surface area contributed by atoms with E-state index >= 15 is 0 Å². The van der Waals surface area contributed by atoms with Gasteiger partial charge in [-0.05, 0) is 44.0 Å². The van der Waals surface area contributed by atoms with Gasteiger partial charge >= 0.3 is 0 Å². The lowest BCUT2D eigenvalue weighted by molar-refractivity contribution is -0.118. The van der Waals surface area contributed by atoms with Gasteiger partial charge in [0, 0.05) is 18.0 Å². The zero-order valence-corrected chi connectivity index (χ0v) is 16.5. The van der Waals surface area contributed by atoms with Crippen LogP contribution in [0.2, 0.25) is 0 Å². The Morgan fingerprint density at radius 3 is 2.70 bits per heavy atom. The number of nitrogens with one attached hydrogen (secondary N) is 1. The van der Waals surface area contributed by atoms with Crippen molar-refractivity contribution in [2.75, 3.05) is 25.0 Å². The van der Waals surface area contributed by atoms with E-state index in [0.29, 0.717) is 16.3 Å². The Balaban J connectivity index is 1.69. The number of hydrogen-bond acceptors (Lipinski definition) is 5. The fourth-order valence-electron chi connectivity index (χ4n) is 3.26. The van der Waals surface area contributed by atoms with Crippen molar-refractivity contribution in [3.8, 4) is 5.75 Å². The molecule has 0 unspecified atom stereocenters. The van der Waals surface area contributed by atoms with Crippen LogP contribution in [0.3, 0.4) is 0 Å². The standard InChI is InChI=1S/C20H25N3O3S/c1-3-9-23-10-8-15-16(11-23)27-20(18(15)19(21)25)22-17(24)12-26-14-6-4-13(2)5-7-14/h4-7H,3,8-12H2,1-2H3,(H2,21,25)(H,22,24). The summed E-state index contributed by atoms with van der Waals surface area (Å²) in [7, 11) is 0. The van der Waals surface area contributed by atoms with E-state index in [-0.39, 0.29) is 12.5 Å². The summed E-state index contributed by atoms with van der Waals surface area (Å²) in [5.41, 5.74) is 8.16. The highest BCUT2D eigenvalue weighted by Gasteiger charge is 2.27. The third-order valence-electron chi connectivity index (χ3n) is 4.57. The number of nitrogens with two attached hydrogens (primary N) is 1. The van der Waals surface area contributed by atoms with E-state index in [9.17, 15) is 9.59 Å². The van der Waals surface area contributed by atoms with E-state index in [1.54, 1.807) is 0 Å². The SMILES string of the molecule is CCCN1CCc2c(sc(NC(=O)COc3ccc(C)cc3)c2C(N)=O)C1. The molecule has 0 bridgehead atoms. The van der Waals surface area contributed by atoms with Gasteiger partial charge in [-0.1, -0.05) is 24.6 Å². The zero-order valence-electron chi connectivity index (χ0n) is 15.7. The molecule has 0 atom stereocenters. The highest BCUT2D eigenvalue weighted by molar-refractivity contribution is 7.17. The number of amides is 2. The summed E-state index contributed by atoms with van der Waals surface area (Å²) in [5.74, 6) is -0.167. The van der Waals surface area contributed by atoms with Crippen molar-refractivity contribution in [3.63, 3.8) is 0 Å². The molecule has 0 saturated heterocycles. The number of fused-ring (bicyclic) bond motifs is 1. The molecule has 1 aromatic carbocycles. The average Bonchev–Trinajstić information content (AvgIpc) is 2.98. The van der Waals surface area contributed by atoms with Crippen LogP contribution in [0, 0.1) is 6.92 Å². The van der Waals surface area contributed by atoms with E-state index in [1.807, 2.05) is 31.2 Å². The topological polar surface area (TPSA) is 84.7 Å². The van der Waals surface area contributed by atoms with Crippen molar-refractivity contribution in [1.82, 2.24) is 4.90 Å². The molecule has 7 heteroatoms. The first-order valence-electron chi connectivity index (χ1n) is 9.14. The number of hydrogen-bond donors (Lipinski definition) is 2. The van der Waals surface area contributed by atoms with Crippen LogP contribution in [0.15, 0.2) is 24.3 Å². The molecule has 0 saturated carbocycles. The molecule has 6 nitrogen and oxygen atoms in total. The Kier molecular flexibility index (Phi) is 6.13. The van der Waals surface area contributed by atoms with Gasteiger partial charge < -0.3 is 15.8 Å². The fourth-order valence-corrected chi connectivity index (χ4v) is 4.57. The molecule has 3 N–H and O–H groups in total. The molecular weight excluding hydrogens is 362 g/mol. The summed E-state index contributed by atoms with van der Waals surface area (Å²) >= 11 is 1.44. The first kappa shape index (κ1) is 19.4. The molecule has 2 amide bonds. The van der Waals surface area contributed by atoms with Crippen molar-refractivity contribution in [2.24, 2.45) is 5.73 Å². The summed E-state index contributed by atoms with van der Waals surface area (Å²) in [4.78, 5) is 27.8. The minimum Gasteiger partial charge on any atom is -0.484 e. The quantitative estimate of drug-likeness (QED) is 0.765. The Labute approximate surface area is 163 Å². The second-order valence-corrected chi connectivity index (χ2v) is 7.85. The van der Waals surface area contributed by atoms with Crippen LogP contribution in [-0.4, -0.2) is 36.4 Å². The maximum absolute atomic E-state index is 12.3. The number of aryl methyl sites for hydroxylation is 1.